The Kier molecular flexibility index (Phi) is 6.57. The molecule has 0 heterocycles. The summed E-state index contributed by atoms with van der Waals surface area (Å²) in [7, 11) is -2.64. The molecule has 0 saturated carbocycles. The normalized spacial score (nSPS) is 11.0. The van der Waals surface area contributed by atoms with Crippen LogP contribution in [0.2, 0.25) is 5.02 Å². The Labute approximate surface area is 183 Å². The third kappa shape index (κ3) is 5.59. The van der Waals surface area contributed by atoms with E-state index in [1.54, 1.807) is 25.2 Å². The van der Waals surface area contributed by atoms with Gasteiger partial charge in [-0.1, -0.05) is 29.8 Å². The first-order valence-corrected chi connectivity index (χ1v) is 10.7. The van der Waals surface area contributed by atoms with Crippen LogP contribution in [0, 0.1) is 10.1 Å². The summed E-state index contributed by atoms with van der Waals surface area (Å²) in [6.45, 7) is 0.346. The van der Waals surface area contributed by atoms with Gasteiger partial charge in [-0.3, -0.25) is 14.9 Å². The van der Waals surface area contributed by atoms with Gasteiger partial charge in [0.2, 0.25) is 0 Å². The van der Waals surface area contributed by atoms with Crippen LogP contribution < -0.4 is 4.18 Å². The first-order chi connectivity index (χ1) is 14.7. The summed E-state index contributed by atoms with van der Waals surface area (Å²) in [6.07, 6.45) is 0. The number of carbonyl (C=O) groups excluding carboxylic acids is 1. The second kappa shape index (κ2) is 9.15. The van der Waals surface area contributed by atoms with Crippen LogP contribution in [0.15, 0.2) is 77.7 Å². The first kappa shape index (κ1) is 22.3. The molecule has 31 heavy (non-hydrogen) atoms. The molecule has 3 aromatic carbocycles. The van der Waals surface area contributed by atoms with Crippen molar-refractivity contribution >= 4 is 33.3 Å². The number of halogens is 1. The van der Waals surface area contributed by atoms with Gasteiger partial charge in [0.1, 0.15) is 10.6 Å². The Morgan fingerprint density at radius 1 is 1.06 bits per heavy atom. The average molecular weight is 461 g/mol. The maximum absolute atomic E-state index is 12.6. The largest absolute Gasteiger partial charge is 0.379 e. The number of nitro benzene ring substituents is 1. The van der Waals surface area contributed by atoms with E-state index in [9.17, 15) is 23.3 Å². The van der Waals surface area contributed by atoms with E-state index in [1.165, 1.54) is 47.4 Å². The number of nitrogens with zero attached hydrogens (tertiary/aromatic N) is 2. The third-order valence-corrected chi connectivity index (χ3v) is 5.76. The second-order valence-corrected chi connectivity index (χ2v) is 8.59. The van der Waals surface area contributed by atoms with Gasteiger partial charge in [-0.15, -0.1) is 0 Å². The molecule has 1 amide bonds. The van der Waals surface area contributed by atoms with Crippen molar-refractivity contribution in [3.63, 3.8) is 0 Å². The summed E-state index contributed by atoms with van der Waals surface area (Å²) in [5, 5.41) is 11.4. The molecule has 0 spiro atoms. The standard InChI is InChI=1S/C21H17ClN2O6S/c1-23(14-15-4-2-5-17(22)12-15)21(25)16-8-10-19(11-9-16)30-31(28,29)20-7-3-6-18(13-20)24(26)27/h2-13H,14H2,1H3. The summed E-state index contributed by atoms with van der Waals surface area (Å²) >= 11 is 5.96. The molecule has 0 aliphatic heterocycles. The van der Waals surface area contributed by atoms with Crippen molar-refractivity contribution in [2.24, 2.45) is 0 Å². The molecule has 0 aliphatic rings. The fourth-order valence-electron chi connectivity index (χ4n) is 2.78. The minimum atomic E-state index is -4.28. The Balaban J connectivity index is 1.71. The van der Waals surface area contributed by atoms with E-state index < -0.39 is 15.0 Å². The smallest absolute Gasteiger partial charge is 0.339 e. The Hall–Kier alpha value is -3.43. The van der Waals surface area contributed by atoms with Gasteiger partial charge in [0.05, 0.1) is 4.92 Å². The van der Waals surface area contributed by atoms with Crippen LogP contribution in [0.3, 0.4) is 0 Å². The van der Waals surface area contributed by atoms with Crippen molar-refractivity contribution in [2.75, 3.05) is 7.05 Å². The van der Waals surface area contributed by atoms with Gasteiger partial charge < -0.3 is 9.08 Å². The molecule has 0 saturated heterocycles. The quantitative estimate of drug-likeness (QED) is 0.296. The van der Waals surface area contributed by atoms with Crippen LogP contribution in [0.25, 0.3) is 0 Å². The van der Waals surface area contributed by atoms with Crippen LogP contribution in [0.4, 0.5) is 5.69 Å². The van der Waals surface area contributed by atoms with Gasteiger partial charge >= 0.3 is 10.1 Å². The Morgan fingerprint density at radius 3 is 2.39 bits per heavy atom. The Bertz CT molecular complexity index is 1230. The molecule has 0 unspecified atom stereocenters. The Morgan fingerprint density at radius 2 is 1.74 bits per heavy atom. The molecule has 0 aliphatic carbocycles. The van der Waals surface area contributed by atoms with E-state index in [0.29, 0.717) is 17.1 Å². The predicted molar refractivity (Wildman–Crippen MR) is 115 cm³/mol. The van der Waals surface area contributed by atoms with E-state index in [0.717, 1.165) is 11.6 Å². The molecule has 0 aromatic heterocycles. The molecule has 0 atom stereocenters. The van der Waals surface area contributed by atoms with E-state index in [2.05, 4.69) is 0 Å². The highest BCUT2D eigenvalue weighted by Crippen LogP contribution is 2.23. The molecule has 3 rings (SSSR count). The number of hydrogen-bond acceptors (Lipinski definition) is 6. The molecule has 0 radical (unpaired) electrons. The number of hydrogen-bond donors (Lipinski definition) is 0. The van der Waals surface area contributed by atoms with Gasteiger partial charge in [-0.2, -0.15) is 8.42 Å². The highest BCUT2D eigenvalue weighted by atomic mass is 35.5. The summed E-state index contributed by atoms with van der Waals surface area (Å²) in [5.74, 6) is -0.298. The zero-order valence-corrected chi connectivity index (χ0v) is 17.8. The average Bonchev–Trinajstić information content (AvgIpc) is 2.73. The minimum absolute atomic E-state index is 0.0273. The maximum atomic E-state index is 12.6. The molecule has 10 heteroatoms. The maximum Gasteiger partial charge on any atom is 0.339 e. The molecule has 8 nitrogen and oxygen atoms in total. The molecule has 0 fully saturated rings. The number of rotatable bonds is 7. The van der Waals surface area contributed by atoms with Crippen LogP contribution >= 0.6 is 11.6 Å². The fraction of sp³-hybridized carbons (Fsp3) is 0.0952. The van der Waals surface area contributed by atoms with Gasteiger partial charge in [0, 0.05) is 36.3 Å². The number of nitro groups is 1. The molecular weight excluding hydrogens is 444 g/mol. The van der Waals surface area contributed by atoms with Crippen molar-refractivity contribution in [3.05, 3.63) is 99.1 Å². The first-order valence-electron chi connectivity index (χ1n) is 8.94. The zero-order chi connectivity index (χ0) is 22.6. The van der Waals surface area contributed by atoms with Gasteiger partial charge in [-0.05, 0) is 48.0 Å². The lowest BCUT2D eigenvalue weighted by Crippen LogP contribution is -2.26. The second-order valence-electron chi connectivity index (χ2n) is 6.61. The van der Waals surface area contributed by atoms with Crippen LogP contribution in [0.1, 0.15) is 15.9 Å². The zero-order valence-electron chi connectivity index (χ0n) is 16.3. The molecular formula is C21H17ClN2O6S. The van der Waals surface area contributed by atoms with Crippen LogP contribution in [-0.4, -0.2) is 31.2 Å². The van der Waals surface area contributed by atoms with Crippen LogP contribution in [0.5, 0.6) is 5.75 Å². The number of carbonyl (C=O) groups is 1. The van der Waals surface area contributed by atoms with Gasteiger partial charge in [-0.25, -0.2) is 0 Å². The fourth-order valence-corrected chi connectivity index (χ4v) is 3.97. The summed E-state index contributed by atoms with van der Waals surface area (Å²) in [5.41, 5.74) is 0.837. The third-order valence-electron chi connectivity index (χ3n) is 4.28. The predicted octanol–water partition coefficient (Wildman–Crippen LogP) is 4.29. The summed E-state index contributed by atoms with van der Waals surface area (Å²) in [4.78, 5) is 23.9. The lowest BCUT2D eigenvalue weighted by Gasteiger charge is -2.17. The lowest BCUT2D eigenvalue weighted by molar-refractivity contribution is -0.385. The molecule has 0 bridgehead atoms. The van der Waals surface area contributed by atoms with Gasteiger partial charge in [0.15, 0.2) is 0 Å². The van der Waals surface area contributed by atoms with Crippen molar-refractivity contribution < 1.29 is 22.3 Å². The van der Waals surface area contributed by atoms with Crippen LogP contribution in [-0.2, 0) is 16.7 Å². The SMILES string of the molecule is CN(Cc1cccc(Cl)c1)C(=O)c1ccc(OS(=O)(=O)c2cccc([N+](=O)[O-])c2)cc1. The van der Waals surface area contributed by atoms with Gasteiger partial charge in [0.25, 0.3) is 11.6 Å². The van der Waals surface area contributed by atoms with E-state index in [1.807, 2.05) is 6.07 Å². The van der Waals surface area contributed by atoms with Crippen molar-refractivity contribution in [1.82, 2.24) is 4.90 Å². The lowest BCUT2D eigenvalue weighted by atomic mass is 10.1. The van der Waals surface area contributed by atoms with Crippen molar-refractivity contribution in [3.8, 4) is 5.75 Å². The van der Waals surface area contributed by atoms with E-state index in [-0.39, 0.29) is 22.2 Å². The highest BCUT2D eigenvalue weighted by molar-refractivity contribution is 7.87. The van der Waals surface area contributed by atoms with E-state index >= 15 is 0 Å². The minimum Gasteiger partial charge on any atom is -0.379 e. The monoisotopic (exact) mass is 460 g/mol. The van der Waals surface area contributed by atoms with Crippen molar-refractivity contribution in [2.45, 2.75) is 11.4 Å². The number of benzene rings is 3. The van der Waals surface area contributed by atoms with E-state index in [4.69, 9.17) is 15.8 Å². The molecule has 0 N–H and O–H groups in total. The van der Waals surface area contributed by atoms with Crippen molar-refractivity contribution in [1.29, 1.82) is 0 Å². The summed E-state index contributed by atoms with van der Waals surface area (Å²) in [6, 6.07) is 17.3. The topological polar surface area (TPSA) is 107 Å². The highest BCUT2D eigenvalue weighted by Gasteiger charge is 2.20. The number of non-ortho nitro benzene ring substituents is 1. The summed E-state index contributed by atoms with van der Waals surface area (Å²) < 4.78 is 29.8. The molecule has 160 valence electrons. The number of amides is 1. The molecule has 3 aromatic rings.